The van der Waals surface area contributed by atoms with Crippen LogP contribution in [0.15, 0.2) is 24.3 Å². The second-order valence-electron chi connectivity index (χ2n) is 4.84. The Labute approximate surface area is 91.7 Å². The number of rotatable bonds is 2. The minimum Gasteiger partial charge on any atom is -0.323 e. The number of hydrogen-bond acceptors (Lipinski definition) is 2. The maximum absolute atomic E-state index is 8.55. The Morgan fingerprint density at radius 3 is 2.20 bits per heavy atom. The molecule has 0 heterocycles. The van der Waals surface area contributed by atoms with Gasteiger partial charge >= 0.3 is 0 Å². The van der Waals surface area contributed by atoms with Crippen LogP contribution in [0.4, 0.5) is 0 Å². The van der Waals surface area contributed by atoms with Crippen LogP contribution in [0.25, 0.3) is 0 Å². The van der Waals surface area contributed by atoms with Gasteiger partial charge in [-0.1, -0.05) is 45.0 Å². The quantitative estimate of drug-likeness (QED) is 0.801. The highest BCUT2D eigenvalue weighted by Gasteiger charge is 2.13. The monoisotopic (exact) mass is 202 g/mol. The fraction of sp³-hybridized carbons (Fsp3) is 0.462. The standard InChI is InChI=1S/C13H18N2/c1-13(2,3)11-6-4-10(5-7-11)12(15)8-9-14/h4-7,12H,8,15H2,1-3H3/t12-/m1/s1. The molecular weight excluding hydrogens is 184 g/mol. The van der Waals surface area contributed by atoms with Crippen LogP contribution in [0.3, 0.4) is 0 Å². The summed E-state index contributed by atoms with van der Waals surface area (Å²) < 4.78 is 0. The Morgan fingerprint density at radius 2 is 1.80 bits per heavy atom. The molecule has 0 unspecified atom stereocenters. The fourth-order valence-corrected chi connectivity index (χ4v) is 1.45. The Kier molecular flexibility index (Phi) is 3.49. The van der Waals surface area contributed by atoms with Crippen LogP contribution in [-0.2, 0) is 5.41 Å². The fourth-order valence-electron chi connectivity index (χ4n) is 1.45. The Hall–Kier alpha value is -1.33. The summed E-state index contributed by atoms with van der Waals surface area (Å²) in [7, 11) is 0. The van der Waals surface area contributed by atoms with Crippen molar-refractivity contribution in [3.63, 3.8) is 0 Å². The zero-order valence-electron chi connectivity index (χ0n) is 9.62. The molecule has 80 valence electrons. The third kappa shape index (κ3) is 3.07. The van der Waals surface area contributed by atoms with Gasteiger partial charge in [0.05, 0.1) is 12.5 Å². The van der Waals surface area contributed by atoms with Crippen LogP contribution in [0.1, 0.15) is 44.4 Å². The normalized spacial score (nSPS) is 13.3. The van der Waals surface area contributed by atoms with Crippen molar-refractivity contribution < 1.29 is 0 Å². The third-order valence-electron chi connectivity index (χ3n) is 2.52. The van der Waals surface area contributed by atoms with Crippen molar-refractivity contribution in [3.8, 4) is 6.07 Å². The minimum atomic E-state index is -0.163. The molecule has 1 rings (SSSR count). The first-order valence-corrected chi connectivity index (χ1v) is 5.18. The van der Waals surface area contributed by atoms with Crippen LogP contribution in [0, 0.1) is 11.3 Å². The first kappa shape index (κ1) is 11.7. The highest BCUT2D eigenvalue weighted by atomic mass is 14.6. The van der Waals surface area contributed by atoms with Crippen LogP contribution in [0.2, 0.25) is 0 Å². The third-order valence-corrected chi connectivity index (χ3v) is 2.52. The van der Waals surface area contributed by atoms with E-state index in [4.69, 9.17) is 11.0 Å². The average Bonchev–Trinajstić information content (AvgIpc) is 2.17. The lowest BCUT2D eigenvalue weighted by Gasteiger charge is -2.19. The molecule has 2 heteroatoms. The summed E-state index contributed by atoms with van der Waals surface area (Å²) in [6.45, 7) is 6.53. The Bertz CT molecular complexity index is 352. The van der Waals surface area contributed by atoms with E-state index in [1.807, 2.05) is 12.1 Å². The van der Waals surface area contributed by atoms with Crippen molar-refractivity contribution in [1.82, 2.24) is 0 Å². The lowest BCUT2D eigenvalue weighted by Crippen LogP contribution is -2.13. The molecule has 1 atom stereocenters. The first-order valence-electron chi connectivity index (χ1n) is 5.18. The second kappa shape index (κ2) is 4.46. The van der Waals surface area contributed by atoms with Gasteiger partial charge in [-0.05, 0) is 16.5 Å². The predicted molar refractivity (Wildman–Crippen MR) is 62.3 cm³/mol. The van der Waals surface area contributed by atoms with Crippen LogP contribution in [-0.4, -0.2) is 0 Å². The van der Waals surface area contributed by atoms with E-state index in [2.05, 4.69) is 39.0 Å². The molecule has 0 saturated heterocycles. The van der Waals surface area contributed by atoms with Gasteiger partial charge < -0.3 is 5.73 Å². The van der Waals surface area contributed by atoms with E-state index < -0.39 is 0 Å². The summed E-state index contributed by atoms with van der Waals surface area (Å²) in [6, 6.07) is 10.1. The molecule has 0 bridgehead atoms. The van der Waals surface area contributed by atoms with Gasteiger partial charge in [0, 0.05) is 6.04 Å². The highest BCUT2D eigenvalue weighted by Crippen LogP contribution is 2.23. The topological polar surface area (TPSA) is 49.8 Å². The molecule has 0 amide bonds. The van der Waals surface area contributed by atoms with E-state index in [1.54, 1.807) is 0 Å². The molecule has 1 aromatic rings. The summed E-state index contributed by atoms with van der Waals surface area (Å²) in [5.74, 6) is 0. The molecule has 2 N–H and O–H groups in total. The van der Waals surface area contributed by atoms with Gasteiger partial charge in [0.25, 0.3) is 0 Å². The highest BCUT2D eigenvalue weighted by molar-refractivity contribution is 5.29. The molecule has 0 saturated carbocycles. The number of nitrogens with two attached hydrogens (primary N) is 1. The summed E-state index contributed by atoms with van der Waals surface area (Å²) in [6.07, 6.45) is 0.370. The Balaban J connectivity index is 2.87. The predicted octanol–water partition coefficient (Wildman–Crippen LogP) is 2.90. The summed E-state index contributed by atoms with van der Waals surface area (Å²) in [5.41, 5.74) is 8.33. The van der Waals surface area contributed by atoms with Crippen molar-refractivity contribution in [2.24, 2.45) is 5.73 Å². The van der Waals surface area contributed by atoms with Crippen molar-refractivity contribution in [2.75, 3.05) is 0 Å². The van der Waals surface area contributed by atoms with Crippen LogP contribution < -0.4 is 5.73 Å². The second-order valence-corrected chi connectivity index (χ2v) is 4.84. The largest absolute Gasteiger partial charge is 0.323 e. The molecule has 0 aliphatic rings. The van der Waals surface area contributed by atoms with Crippen molar-refractivity contribution in [3.05, 3.63) is 35.4 Å². The van der Waals surface area contributed by atoms with Gasteiger partial charge in [-0.3, -0.25) is 0 Å². The van der Waals surface area contributed by atoms with E-state index in [9.17, 15) is 0 Å². The molecule has 15 heavy (non-hydrogen) atoms. The lowest BCUT2D eigenvalue weighted by atomic mass is 9.86. The van der Waals surface area contributed by atoms with Gasteiger partial charge in [-0.25, -0.2) is 0 Å². The summed E-state index contributed by atoms with van der Waals surface area (Å²) in [4.78, 5) is 0. The smallest absolute Gasteiger partial charge is 0.0641 e. The van der Waals surface area contributed by atoms with Crippen molar-refractivity contribution in [2.45, 2.75) is 38.6 Å². The van der Waals surface area contributed by atoms with Gasteiger partial charge in [-0.2, -0.15) is 5.26 Å². The molecule has 0 aliphatic carbocycles. The Morgan fingerprint density at radius 1 is 1.27 bits per heavy atom. The van der Waals surface area contributed by atoms with Crippen LogP contribution in [0.5, 0.6) is 0 Å². The maximum Gasteiger partial charge on any atom is 0.0641 e. The molecule has 0 aromatic heterocycles. The number of benzene rings is 1. The van der Waals surface area contributed by atoms with Crippen LogP contribution >= 0.6 is 0 Å². The minimum absolute atomic E-state index is 0.163. The van der Waals surface area contributed by atoms with E-state index in [0.29, 0.717) is 6.42 Å². The van der Waals surface area contributed by atoms with Gasteiger partial charge in [-0.15, -0.1) is 0 Å². The van der Waals surface area contributed by atoms with Crippen molar-refractivity contribution in [1.29, 1.82) is 5.26 Å². The SMILES string of the molecule is CC(C)(C)c1ccc([C@H](N)CC#N)cc1. The maximum atomic E-state index is 8.55. The molecular formula is C13H18N2. The van der Waals surface area contributed by atoms with E-state index in [1.165, 1.54) is 5.56 Å². The van der Waals surface area contributed by atoms with Gasteiger partial charge in [0.15, 0.2) is 0 Å². The lowest BCUT2D eigenvalue weighted by molar-refractivity contribution is 0.589. The summed E-state index contributed by atoms with van der Waals surface area (Å²) >= 11 is 0. The average molecular weight is 202 g/mol. The van der Waals surface area contributed by atoms with E-state index >= 15 is 0 Å². The summed E-state index contributed by atoms with van der Waals surface area (Å²) in [5, 5.41) is 8.55. The zero-order valence-corrected chi connectivity index (χ0v) is 9.62. The first-order chi connectivity index (χ1) is 6.95. The molecule has 0 aliphatic heterocycles. The molecule has 0 radical (unpaired) electrons. The van der Waals surface area contributed by atoms with Crippen molar-refractivity contribution >= 4 is 0 Å². The number of nitriles is 1. The molecule has 2 nitrogen and oxygen atoms in total. The molecule has 0 spiro atoms. The van der Waals surface area contributed by atoms with Gasteiger partial charge in [0.2, 0.25) is 0 Å². The number of nitrogens with zero attached hydrogens (tertiary/aromatic N) is 1. The molecule has 0 fully saturated rings. The zero-order chi connectivity index (χ0) is 11.5. The van der Waals surface area contributed by atoms with Gasteiger partial charge in [0.1, 0.15) is 0 Å². The molecule has 1 aromatic carbocycles. The number of hydrogen-bond donors (Lipinski definition) is 1. The van der Waals surface area contributed by atoms with E-state index in [0.717, 1.165) is 5.56 Å². The van der Waals surface area contributed by atoms with E-state index in [-0.39, 0.29) is 11.5 Å².